The van der Waals surface area contributed by atoms with Crippen LogP contribution in [0.2, 0.25) is 0 Å². The first-order valence-electron chi connectivity index (χ1n) is 15.3. The normalized spacial score (nSPS) is 11.4. The molecule has 0 heterocycles. The van der Waals surface area contributed by atoms with Gasteiger partial charge in [-0.2, -0.15) is 0 Å². The van der Waals surface area contributed by atoms with Gasteiger partial charge in [-0.3, -0.25) is 0 Å². The second kappa shape index (κ2) is 12.6. The minimum absolute atomic E-state index is 0.385. The highest BCUT2D eigenvalue weighted by molar-refractivity contribution is 5.70. The summed E-state index contributed by atoms with van der Waals surface area (Å²) in [6.45, 7) is 0. The summed E-state index contributed by atoms with van der Waals surface area (Å²) in [6.07, 6.45) is 0. The molecule has 0 aliphatic rings. The van der Waals surface area contributed by atoms with Crippen LogP contribution < -0.4 is 0 Å². The van der Waals surface area contributed by atoms with E-state index in [1.165, 1.54) is 24.3 Å². The predicted molar refractivity (Wildman–Crippen MR) is 181 cm³/mol. The molecule has 0 N–H and O–H groups in total. The number of hydrogen-bond acceptors (Lipinski definition) is 0. The summed E-state index contributed by atoms with van der Waals surface area (Å²) < 4.78 is 58.5. The fraction of sp³-hybridized carbons (Fsp3) is 0.0233. The molecule has 0 unspecified atom stereocenters. The minimum Gasteiger partial charge on any atom is -0.207 e. The van der Waals surface area contributed by atoms with Crippen LogP contribution in [0.4, 0.5) is 17.6 Å². The Labute approximate surface area is 271 Å². The molecule has 0 spiro atoms. The molecule has 7 aromatic carbocycles. The van der Waals surface area contributed by atoms with Crippen molar-refractivity contribution < 1.29 is 17.6 Å². The molecular weight excluding hydrogens is 592 g/mol. The maximum atomic E-state index is 15.1. The van der Waals surface area contributed by atoms with E-state index in [2.05, 4.69) is 0 Å². The van der Waals surface area contributed by atoms with E-state index in [4.69, 9.17) is 0 Å². The van der Waals surface area contributed by atoms with Crippen LogP contribution in [0, 0.1) is 23.3 Å². The van der Waals surface area contributed by atoms with Gasteiger partial charge in [0.1, 0.15) is 23.3 Å². The van der Waals surface area contributed by atoms with Gasteiger partial charge in [0.15, 0.2) is 0 Å². The first-order valence-corrected chi connectivity index (χ1v) is 15.3. The molecule has 228 valence electrons. The quantitative estimate of drug-likeness (QED) is 0.123. The molecule has 47 heavy (non-hydrogen) atoms. The van der Waals surface area contributed by atoms with E-state index in [0.29, 0.717) is 16.7 Å². The van der Waals surface area contributed by atoms with Crippen molar-refractivity contribution >= 4 is 0 Å². The fourth-order valence-electron chi connectivity index (χ4n) is 6.49. The Hall–Kier alpha value is -5.74. The second-order valence-corrected chi connectivity index (χ2v) is 11.5. The number of hydrogen-bond donors (Lipinski definition) is 0. The van der Waals surface area contributed by atoms with E-state index in [-0.39, 0.29) is 0 Å². The lowest BCUT2D eigenvalue weighted by Crippen LogP contribution is -2.31. The number of halogens is 4. The highest BCUT2D eigenvalue weighted by atomic mass is 19.1. The third kappa shape index (κ3) is 5.86. The van der Waals surface area contributed by atoms with Crippen LogP contribution in [-0.4, -0.2) is 0 Å². The zero-order valence-electron chi connectivity index (χ0n) is 25.2. The molecule has 0 atom stereocenters. The number of rotatable bonds is 7. The van der Waals surface area contributed by atoms with Crippen LogP contribution >= 0.6 is 0 Å². The molecule has 0 nitrogen and oxygen atoms in total. The lowest BCUT2D eigenvalue weighted by molar-refractivity contribution is 0.573. The molecule has 0 aliphatic carbocycles. The molecule has 0 saturated heterocycles. The van der Waals surface area contributed by atoms with Crippen molar-refractivity contribution in [3.05, 3.63) is 215 Å². The van der Waals surface area contributed by atoms with Crippen LogP contribution in [0.5, 0.6) is 0 Å². The summed E-state index contributed by atoms with van der Waals surface area (Å²) in [5.41, 5.74) is 6.61. The average Bonchev–Trinajstić information content (AvgIpc) is 3.09. The fourth-order valence-corrected chi connectivity index (χ4v) is 6.49. The van der Waals surface area contributed by atoms with Crippen molar-refractivity contribution in [2.75, 3.05) is 0 Å². The lowest BCUT2D eigenvalue weighted by atomic mass is 9.64. The molecule has 0 fully saturated rings. The van der Waals surface area contributed by atoms with Gasteiger partial charge in [-0.15, -0.1) is 0 Å². The molecule has 0 saturated carbocycles. The van der Waals surface area contributed by atoms with Gasteiger partial charge in [0.05, 0.1) is 5.41 Å². The summed E-state index contributed by atoms with van der Waals surface area (Å²) in [5.74, 6) is -2.74. The monoisotopic (exact) mass is 620 g/mol. The lowest BCUT2D eigenvalue weighted by Gasteiger charge is -2.37. The Bertz CT molecular complexity index is 2010. The van der Waals surface area contributed by atoms with Crippen LogP contribution in [0.15, 0.2) is 170 Å². The van der Waals surface area contributed by atoms with Gasteiger partial charge in [0, 0.05) is 12.1 Å². The Balaban J connectivity index is 1.48. The Morgan fingerprint density at radius 3 is 0.915 bits per heavy atom. The molecule has 0 amide bonds. The Morgan fingerprint density at radius 2 is 0.553 bits per heavy atom. The minimum atomic E-state index is -1.17. The summed E-state index contributed by atoms with van der Waals surface area (Å²) in [6, 6.07) is 50.2. The van der Waals surface area contributed by atoms with Crippen molar-refractivity contribution in [2.24, 2.45) is 0 Å². The standard InChI is InChI=1S/C43H28F4/c44-39-23-34(24-40(45)27-39)33-15-21-37(22-16-33)43(38-25-41(46)28-42(47)26-38,35-17-11-31(12-18-35)29-7-3-1-4-8-29)36-19-13-32(14-20-36)30-9-5-2-6-10-30/h1-28H. The molecule has 4 heteroatoms. The topological polar surface area (TPSA) is 0 Å². The van der Waals surface area contributed by atoms with Crippen molar-refractivity contribution in [3.63, 3.8) is 0 Å². The maximum Gasteiger partial charge on any atom is 0.126 e. The summed E-state index contributed by atoms with van der Waals surface area (Å²) in [5, 5.41) is 0. The van der Waals surface area contributed by atoms with Gasteiger partial charge < -0.3 is 0 Å². The van der Waals surface area contributed by atoms with E-state index in [9.17, 15) is 8.78 Å². The third-order valence-corrected chi connectivity index (χ3v) is 8.66. The van der Waals surface area contributed by atoms with Gasteiger partial charge in [0.25, 0.3) is 0 Å². The van der Waals surface area contributed by atoms with E-state index in [1.54, 1.807) is 12.1 Å². The van der Waals surface area contributed by atoms with Gasteiger partial charge >= 0.3 is 0 Å². The molecule has 7 aromatic rings. The first-order chi connectivity index (χ1) is 22.9. The summed E-state index contributed by atoms with van der Waals surface area (Å²) >= 11 is 0. The zero-order valence-corrected chi connectivity index (χ0v) is 25.2. The molecule has 0 radical (unpaired) electrons. The van der Waals surface area contributed by atoms with Crippen molar-refractivity contribution in [3.8, 4) is 33.4 Å². The predicted octanol–water partition coefficient (Wildman–Crippen LogP) is 11.6. The second-order valence-electron chi connectivity index (χ2n) is 11.5. The molecule has 7 rings (SSSR count). The van der Waals surface area contributed by atoms with Crippen LogP contribution in [-0.2, 0) is 5.41 Å². The van der Waals surface area contributed by atoms with E-state index in [0.717, 1.165) is 51.1 Å². The van der Waals surface area contributed by atoms with E-state index < -0.39 is 28.7 Å². The highest BCUT2D eigenvalue weighted by Crippen LogP contribution is 2.47. The smallest absolute Gasteiger partial charge is 0.126 e. The Kier molecular flexibility index (Phi) is 8.01. The molecule has 0 aliphatic heterocycles. The van der Waals surface area contributed by atoms with E-state index in [1.807, 2.05) is 121 Å². The maximum absolute atomic E-state index is 15.1. The Morgan fingerprint density at radius 1 is 0.255 bits per heavy atom. The largest absolute Gasteiger partial charge is 0.207 e. The summed E-state index contributed by atoms with van der Waals surface area (Å²) in [4.78, 5) is 0. The van der Waals surface area contributed by atoms with Gasteiger partial charge in [0.2, 0.25) is 0 Å². The van der Waals surface area contributed by atoms with Crippen molar-refractivity contribution in [1.29, 1.82) is 0 Å². The van der Waals surface area contributed by atoms with Gasteiger partial charge in [-0.1, -0.05) is 133 Å². The molecular formula is C43H28F4. The third-order valence-electron chi connectivity index (χ3n) is 8.66. The molecule has 0 bridgehead atoms. The number of benzene rings is 7. The average molecular weight is 621 g/mol. The molecule has 0 aromatic heterocycles. The van der Waals surface area contributed by atoms with Gasteiger partial charge in [-0.05, 0) is 79.9 Å². The van der Waals surface area contributed by atoms with Crippen LogP contribution in [0.1, 0.15) is 22.3 Å². The highest BCUT2D eigenvalue weighted by Gasteiger charge is 2.39. The SMILES string of the molecule is Fc1cc(F)cc(-c2ccc(C(c3ccc(-c4ccccc4)cc3)(c3ccc(-c4ccccc4)cc3)c3cc(F)cc(F)c3)cc2)c1. The van der Waals surface area contributed by atoms with Gasteiger partial charge in [-0.25, -0.2) is 17.6 Å². The zero-order chi connectivity index (χ0) is 32.4. The van der Waals surface area contributed by atoms with Crippen molar-refractivity contribution in [1.82, 2.24) is 0 Å². The van der Waals surface area contributed by atoms with Crippen LogP contribution in [0.3, 0.4) is 0 Å². The van der Waals surface area contributed by atoms with Crippen LogP contribution in [0.25, 0.3) is 33.4 Å². The van der Waals surface area contributed by atoms with Crippen molar-refractivity contribution in [2.45, 2.75) is 5.41 Å². The summed E-state index contributed by atoms with van der Waals surface area (Å²) in [7, 11) is 0. The first kappa shape index (κ1) is 29.9. The van der Waals surface area contributed by atoms with E-state index >= 15 is 8.78 Å².